The van der Waals surface area contributed by atoms with Crippen LogP contribution in [0.25, 0.3) is 5.69 Å². The summed E-state index contributed by atoms with van der Waals surface area (Å²) in [5, 5.41) is 15.1. The fraction of sp³-hybridized carbons (Fsp3) is 0.556. The van der Waals surface area contributed by atoms with Crippen LogP contribution >= 0.6 is 0 Å². The van der Waals surface area contributed by atoms with Crippen molar-refractivity contribution in [1.82, 2.24) is 25.1 Å². The van der Waals surface area contributed by atoms with Crippen LogP contribution in [-0.2, 0) is 4.79 Å². The quantitative estimate of drug-likeness (QED) is 0.811. The number of nitrogens with zero attached hydrogens (tertiary/aromatic N) is 5. The number of anilines is 1. The first kappa shape index (κ1) is 18.3. The number of benzene rings is 1. The van der Waals surface area contributed by atoms with E-state index in [-0.39, 0.29) is 18.0 Å². The molecule has 1 aromatic carbocycles. The van der Waals surface area contributed by atoms with Crippen molar-refractivity contribution in [2.24, 2.45) is 11.7 Å². The second-order valence-electron chi connectivity index (χ2n) is 6.90. The van der Waals surface area contributed by atoms with E-state index in [0.717, 1.165) is 31.6 Å². The molecule has 3 N–H and O–H groups in total. The summed E-state index contributed by atoms with van der Waals surface area (Å²) in [7, 11) is 0. The van der Waals surface area contributed by atoms with Crippen molar-refractivity contribution < 1.29 is 4.79 Å². The van der Waals surface area contributed by atoms with Gasteiger partial charge in [-0.2, -0.15) is 4.68 Å². The van der Waals surface area contributed by atoms with Crippen molar-refractivity contribution in [3.05, 3.63) is 30.3 Å². The zero-order chi connectivity index (χ0) is 18.5. The van der Waals surface area contributed by atoms with Gasteiger partial charge in [-0.3, -0.25) is 4.79 Å². The maximum absolute atomic E-state index is 13.0. The lowest BCUT2D eigenvalue weighted by molar-refractivity contribution is -0.134. The van der Waals surface area contributed by atoms with Crippen molar-refractivity contribution in [2.75, 3.05) is 18.4 Å². The number of para-hydroxylation sites is 1. The largest absolute Gasteiger partial charge is 0.341 e. The number of nitrogens with one attached hydrogen (secondary N) is 1. The van der Waals surface area contributed by atoms with E-state index >= 15 is 0 Å². The molecule has 3 unspecified atom stereocenters. The first-order valence-corrected chi connectivity index (χ1v) is 9.24. The molecule has 0 radical (unpaired) electrons. The first-order valence-electron chi connectivity index (χ1n) is 9.24. The molecule has 140 valence electrons. The van der Waals surface area contributed by atoms with Crippen LogP contribution in [0.4, 0.5) is 5.95 Å². The van der Waals surface area contributed by atoms with Gasteiger partial charge in [-0.15, -0.1) is 0 Å². The summed E-state index contributed by atoms with van der Waals surface area (Å²) in [5.41, 5.74) is 6.89. The number of carbonyl (C=O) groups excluding carboxylic acids is 1. The zero-order valence-electron chi connectivity index (χ0n) is 15.4. The molecule has 1 aliphatic heterocycles. The molecule has 1 fully saturated rings. The third-order valence-corrected chi connectivity index (χ3v) is 4.99. The van der Waals surface area contributed by atoms with Crippen molar-refractivity contribution in [1.29, 1.82) is 0 Å². The predicted octanol–water partition coefficient (Wildman–Crippen LogP) is 1.44. The van der Waals surface area contributed by atoms with Gasteiger partial charge in [0.25, 0.3) is 0 Å². The van der Waals surface area contributed by atoms with Crippen LogP contribution < -0.4 is 11.1 Å². The Kier molecular flexibility index (Phi) is 5.82. The third-order valence-electron chi connectivity index (χ3n) is 4.99. The van der Waals surface area contributed by atoms with Gasteiger partial charge < -0.3 is 16.0 Å². The molecule has 26 heavy (non-hydrogen) atoms. The fourth-order valence-electron chi connectivity index (χ4n) is 3.37. The highest BCUT2D eigenvalue weighted by molar-refractivity contribution is 5.84. The minimum atomic E-state index is -0.365. The number of piperidine rings is 1. The van der Waals surface area contributed by atoms with Crippen LogP contribution in [-0.4, -0.2) is 56.2 Å². The Morgan fingerprint density at radius 2 is 2.15 bits per heavy atom. The number of hydrogen-bond acceptors (Lipinski definition) is 6. The molecule has 1 aromatic heterocycles. The summed E-state index contributed by atoms with van der Waals surface area (Å²) in [5.74, 6) is 0.914. The monoisotopic (exact) mass is 357 g/mol. The molecule has 0 saturated carbocycles. The summed E-state index contributed by atoms with van der Waals surface area (Å²) in [6.07, 6.45) is 2.73. The molecule has 0 spiro atoms. The molecule has 2 heterocycles. The molecule has 1 aliphatic rings. The average molecular weight is 357 g/mol. The third kappa shape index (κ3) is 4.01. The van der Waals surface area contributed by atoms with Gasteiger partial charge in [-0.05, 0) is 54.7 Å². The molecule has 1 saturated heterocycles. The molecule has 0 aliphatic carbocycles. The van der Waals surface area contributed by atoms with Gasteiger partial charge in [0.2, 0.25) is 11.9 Å². The lowest BCUT2D eigenvalue weighted by atomic mass is 9.91. The second-order valence-corrected chi connectivity index (χ2v) is 6.90. The summed E-state index contributed by atoms with van der Waals surface area (Å²) < 4.78 is 1.61. The molecule has 8 nitrogen and oxygen atoms in total. The molecule has 0 bridgehead atoms. The minimum absolute atomic E-state index is 0.0838. The predicted molar refractivity (Wildman–Crippen MR) is 99.8 cm³/mol. The topological polar surface area (TPSA) is 102 Å². The average Bonchev–Trinajstić information content (AvgIpc) is 3.14. The summed E-state index contributed by atoms with van der Waals surface area (Å²) in [6.45, 7) is 5.50. The van der Waals surface area contributed by atoms with E-state index in [9.17, 15) is 4.79 Å². The van der Waals surface area contributed by atoms with Crippen LogP contribution in [0.5, 0.6) is 0 Å². The van der Waals surface area contributed by atoms with Crippen LogP contribution in [0.1, 0.15) is 33.1 Å². The van der Waals surface area contributed by atoms with Crippen LogP contribution in [0, 0.1) is 5.92 Å². The van der Waals surface area contributed by atoms with Gasteiger partial charge in [0.05, 0.1) is 5.69 Å². The van der Waals surface area contributed by atoms with Crippen LogP contribution in [0.15, 0.2) is 30.3 Å². The van der Waals surface area contributed by atoms with E-state index < -0.39 is 0 Å². The van der Waals surface area contributed by atoms with E-state index in [1.807, 2.05) is 49.1 Å². The Morgan fingerprint density at radius 1 is 1.38 bits per heavy atom. The highest BCUT2D eigenvalue weighted by Crippen LogP contribution is 2.21. The number of tetrazole rings is 1. The van der Waals surface area contributed by atoms with Crippen molar-refractivity contribution in [3.63, 3.8) is 0 Å². The molecule has 8 heteroatoms. The van der Waals surface area contributed by atoms with Gasteiger partial charge in [-0.25, -0.2) is 0 Å². The number of nitrogens with two attached hydrogens (primary N) is 1. The second kappa shape index (κ2) is 8.27. The van der Waals surface area contributed by atoms with Crippen LogP contribution in [0.3, 0.4) is 0 Å². The van der Waals surface area contributed by atoms with Crippen LogP contribution in [0.2, 0.25) is 0 Å². The van der Waals surface area contributed by atoms with Crippen molar-refractivity contribution in [2.45, 2.75) is 45.2 Å². The normalized spacial score (nSPS) is 19.8. The maximum atomic E-state index is 13.0. The number of aromatic nitrogens is 4. The number of carbonyl (C=O) groups is 1. The van der Waals surface area contributed by atoms with Gasteiger partial charge in [0, 0.05) is 19.1 Å². The molecule has 2 aromatic rings. The summed E-state index contributed by atoms with van der Waals surface area (Å²) in [4.78, 5) is 14.9. The Hall–Kier alpha value is -2.48. The van der Waals surface area contributed by atoms with Gasteiger partial charge in [0.1, 0.15) is 6.04 Å². The Morgan fingerprint density at radius 3 is 2.85 bits per heavy atom. The molecule has 3 rings (SSSR count). The van der Waals surface area contributed by atoms with Gasteiger partial charge >= 0.3 is 0 Å². The highest BCUT2D eigenvalue weighted by Gasteiger charge is 2.30. The van der Waals surface area contributed by atoms with Gasteiger partial charge in [0.15, 0.2) is 0 Å². The van der Waals surface area contributed by atoms with Gasteiger partial charge in [-0.1, -0.05) is 30.2 Å². The minimum Gasteiger partial charge on any atom is -0.341 e. The first-order chi connectivity index (χ1) is 12.6. The zero-order valence-corrected chi connectivity index (χ0v) is 15.4. The maximum Gasteiger partial charge on any atom is 0.248 e. The standard InChI is InChI=1S/C18H27N7O/c1-3-16(17(26)24-11-7-8-14(12-24)13(2)19)20-18-21-22-23-25(18)15-9-5-4-6-10-15/h4-6,9-10,13-14,16H,3,7-8,11-12,19H2,1-2H3,(H,20,21,23). The van der Waals surface area contributed by atoms with E-state index in [0.29, 0.717) is 18.3 Å². The Balaban J connectivity index is 1.72. The summed E-state index contributed by atoms with van der Waals surface area (Å²) >= 11 is 0. The number of hydrogen-bond donors (Lipinski definition) is 2. The highest BCUT2D eigenvalue weighted by atomic mass is 16.2. The van der Waals surface area contributed by atoms with E-state index in [1.165, 1.54) is 0 Å². The fourth-order valence-corrected chi connectivity index (χ4v) is 3.37. The SMILES string of the molecule is CCC(Nc1nnnn1-c1ccccc1)C(=O)N1CCCC(C(C)N)C1. The lowest BCUT2D eigenvalue weighted by Gasteiger charge is -2.36. The van der Waals surface area contributed by atoms with E-state index in [2.05, 4.69) is 20.8 Å². The van der Waals surface area contributed by atoms with Crippen molar-refractivity contribution in [3.8, 4) is 5.69 Å². The molecule has 1 amide bonds. The van der Waals surface area contributed by atoms with Crippen molar-refractivity contribution >= 4 is 11.9 Å². The number of likely N-dealkylation sites (tertiary alicyclic amines) is 1. The lowest BCUT2D eigenvalue weighted by Crippen LogP contribution is -2.50. The smallest absolute Gasteiger partial charge is 0.248 e. The molecular formula is C18H27N7O. The Labute approximate surface area is 153 Å². The molecule has 3 atom stereocenters. The van der Waals surface area contributed by atoms with E-state index in [4.69, 9.17) is 5.73 Å². The summed E-state index contributed by atoms with van der Waals surface area (Å²) in [6, 6.07) is 9.35. The van der Waals surface area contributed by atoms with E-state index in [1.54, 1.807) is 4.68 Å². The number of amides is 1. The number of rotatable bonds is 6. The molecular weight excluding hydrogens is 330 g/mol. The Bertz CT molecular complexity index is 715.